The summed E-state index contributed by atoms with van der Waals surface area (Å²) in [5, 5.41) is 1.85. The number of ether oxygens (including phenoxy) is 2. The summed E-state index contributed by atoms with van der Waals surface area (Å²) in [6.45, 7) is 18.5. The molecule has 2 aromatic carbocycles. The van der Waals surface area contributed by atoms with Crippen molar-refractivity contribution in [3.63, 3.8) is 0 Å². The number of nitrogens with zero attached hydrogens (tertiary/aromatic N) is 4. The molecule has 0 radical (unpaired) electrons. The maximum atomic E-state index is 15.1. The molecule has 0 spiro atoms. The lowest BCUT2D eigenvalue weighted by molar-refractivity contribution is 0.106. The highest BCUT2D eigenvalue weighted by Gasteiger charge is 2.50. The molecule has 0 unspecified atom stereocenters. The molecule has 6 rings (SSSR count). The van der Waals surface area contributed by atoms with E-state index in [-0.39, 0.29) is 17.4 Å². The Balaban J connectivity index is 1.36. The lowest BCUT2D eigenvalue weighted by atomic mass is 9.95. The van der Waals surface area contributed by atoms with Gasteiger partial charge in [-0.1, -0.05) is 47.6 Å². The smallest absolute Gasteiger partial charge is 0.320 e. The number of alkyl halides is 1. The van der Waals surface area contributed by atoms with Crippen molar-refractivity contribution in [3.8, 4) is 17.6 Å². The van der Waals surface area contributed by atoms with Crippen LogP contribution in [0.1, 0.15) is 77.6 Å². The van der Waals surface area contributed by atoms with Gasteiger partial charge in [0.05, 0.1) is 24.9 Å². The SMILES string of the molecule is COc1nc(OC[C@@]23CCCN2C[C@H](F)C3)nc2c1CCN(c1cc(O[Si](C(C)C)(C(C)C)C(C)C)cc3ccc(F)c(C)c13)C2. The summed E-state index contributed by atoms with van der Waals surface area (Å²) in [6.07, 6.45) is 2.29. The van der Waals surface area contributed by atoms with Gasteiger partial charge in [0, 0.05) is 42.2 Å². The minimum Gasteiger partial charge on any atom is -0.543 e. The zero-order chi connectivity index (χ0) is 33.0. The average Bonchev–Trinajstić information content (AvgIpc) is 3.54. The van der Waals surface area contributed by atoms with Crippen LogP contribution < -0.4 is 18.8 Å². The molecule has 10 heteroatoms. The first-order chi connectivity index (χ1) is 21.9. The van der Waals surface area contributed by atoms with Crippen LogP contribution in [0, 0.1) is 12.7 Å². The molecule has 3 aliphatic rings. The Morgan fingerprint density at radius 1 is 1.04 bits per heavy atom. The highest BCUT2D eigenvalue weighted by Crippen LogP contribution is 2.46. The van der Waals surface area contributed by atoms with Crippen LogP contribution in [0.5, 0.6) is 17.6 Å². The van der Waals surface area contributed by atoms with Crippen LogP contribution in [0.3, 0.4) is 0 Å². The first kappa shape index (κ1) is 32.9. The fourth-order valence-electron chi connectivity index (χ4n) is 8.90. The van der Waals surface area contributed by atoms with Crippen molar-refractivity contribution in [2.45, 2.75) is 109 Å². The number of methoxy groups -OCH3 is 1. The van der Waals surface area contributed by atoms with Crippen molar-refractivity contribution in [2.24, 2.45) is 0 Å². The number of halogens is 2. The van der Waals surface area contributed by atoms with Crippen molar-refractivity contribution >= 4 is 24.8 Å². The zero-order valence-electron chi connectivity index (χ0n) is 28.8. The summed E-state index contributed by atoms with van der Waals surface area (Å²) in [5.74, 6) is 1.13. The molecule has 3 aromatic rings. The van der Waals surface area contributed by atoms with Crippen molar-refractivity contribution < 1.29 is 22.7 Å². The molecule has 1 aromatic heterocycles. The third-order valence-electron chi connectivity index (χ3n) is 11.0. The average molecular weight is 653 g/mol. The van der Waals surface area contributed by atoms with E-state index in [1.807, 2.05) is 13.0 Å². The molecule has 3 aliphatic heterocycles. The molecule has 2 atom stereocenters. The van der Waals surface area contributed by atoms with E-state index in [0.29, 0.717) is 67.1 Å². The Morgan fingerprint density at radius 3 is 2.48 bits per heavy atom. The van der Waals surface area contributed by atoms with E-state index in [9.17, 15) is 4.39 Å². The van der Waals surface area contributed by atoms with Gasteiger partial charge in [-0.15, -0.1) is 0 Å². The normalized spacial score (nSPS) is 21.8. The minimum atomic E-state index is -2.24. The molecule has 2 saturated heterocycles. The van der Waals surface area contributed by atoms with Crippen molar-refractivity contribution in [1.29, 1.82) is 0 Å². The van der Waals surface area contributed by atoms with E-state index in [1.165, 1.54) is 0 Å². The van der Waals surface area contributed by atoms with E-state index in [2.05, 4.69) is 68.5 Å². The first-order valence-corrected chi connectivity index (χ1v) is 19.1. The topological polar surface area (TPSA) is 60.0 Å². The number of rotatable bonds is 10. The van der Waals surface area contributed by atoms with E-state index >= 15 is 4.39 Å². The highest BCUT2D eigenvalue weighted by molar-refractivity contribution is 6.78. The van der Waals surface area contributed by atoms with Crippen molar-refractivity contribution in [3.05, 3.63) is 46.9 Å². The second-order valence-electron chi connectivity index (χ2n) is 14.6. The van der Waals surface area contributed by atoms with E-state index in [1.54, 1.807) is 13.2 Å². The van der Waals surface area contributed by atoms with Crippen LogP contribution in [-0.2, 0) is 13.0 Å². The Kier molecular flexibility index (Phi) is 8.99. The maximum Gasteiger partial charge on any atom is 0.320 e. The largest absolute Gasteiger partial charge is 0.543 e. The number of aryl methyl sites for hydroxylation is 1. The summed E-state index contributed by atoms with van der Waals surface area (Å²) < 4.78 is 48.6. The van der Waals surface area contributed by atoms with Gasteiger partial charge in [-0.05, 0) is 72.4 Å². The molecule has 0 bridgehead atoms. The number of hydrogen-bond acceptors (Lipinski definition) is 7. The Morgan fingerprint density at radius 2 is 1.78 bits per heavy atom. The van der Waals surface area contributed by atoms with Crippen LogP contribution in [0.4, 0.5) is 14.5 Å². The van der Waals surface area contributed by atoms with Crippen LogP contribution >= 0.6 is 0 Å². The molecule has 0 N–H and O–H groups in total. The predicted molar refractivity (Wildman–Crippen MR) is 182 cm³/mol. The molecule has 250 valence electrons. The van der Waals surface area contributed by atoms with E-state index < -0.39 is 14.5 Å². The fraction of sp³-hybridized carbons (Fsp3) is 0.611. The van der Waals surface area contributed by atoms with Gasteiger partial charge in [0.15, 0.2) is 0 Å². The Labute approximate surface area is 273 Å². The Bertz CT molecular complexity index is 1580. The van der Waals surface area contributed by atoms with Gasteiger partial charge in [-0.25, -0.2) is 8.78 Å². The fourth-order valence-corrected chi connectivity index (χ4v) is 14.1. The van der Waals surface area contributed by atoms with E-state index in [4.69, 9.17) is 18.9 Å². The third-order valence-corrected chi connectivity index (χ3v) is 17.0. The first-order valence-electron chi connectivity index (χ1n) is 17.0. The lowest BCUT2D eigenvalue weighted by Crippen LogP contribution is -2.50. The molecule has 0 saturated carbocycles. The number of anilines is 1. The second kappa shape index (κ2) is 12.6. The number of fused-ring (bicyclic) bond motifs is 3. The summed E-state index contributed by atoms with van der Waals surface area (Å²) in [4.78, 5) is 14.0. The van der Waals surface area contributed by atoms with Gasteiger partial charge in [-0.2, -0.15) is 9.97 Å². The molecule has 0 amide bonds. The van der Waals surface area contributed by atoms with Crippen LogP contribution in [-0.4, -0.2) is 68.2 Å². The van der Waals surface area contributed by atoms with E-state index in [0.717, 1.165) is 52.9 Å². The number of benzene rings is 2. The van der Waals surface area contributed by atoms with Gasteiger partial charge in [0.25, 0.3) is 8.32 Å². The Hall–Kier alpha value is -2.98. The number of aromatic nitrogens is 2. The van der Waals surface area contributed by atoms with Crippen LogP contribution in [0.15, 0.2) is 24.3 Å². The third kappa shape index (κ3) is 5.63. The second-order valence-corrected chi connectivity index (χ2v) is 20.0. The molecular formula is C36H50F2N4O3Si. The standard InChI is InChI=1S/C36H50F2N4O3Si/c1-22(2)46(23(3)4,24(5)6)45-28-16-26-10-11-30(38)25(7)33(26)32(17-28)41-15-12-29-31(20-41)39-35(40-34(29)43-8)44-21-36-13-9-14-42(36)19-27(37)18-36/h10-11,16-17,22-24,27H,9,12-15,18-21H2,1-8H3/t27-,36+/m1/s1. The summed E-state index contributed by atoms with van der Waals surface area (Å²) >= 11 is 0. The van der Waals surface area contributed by atoms with Gasteiger partial charge in [0.1, 0.15) is 24.3 Å². The molecule has 2 fully saturated rings. The van der Waals surface area contributed by atoms with Gasteiger partial charge in [-0.3, -0.25) is 4.90 Å². The molecular weight excluding hydrogens is 603 g/mol. The van der Waals surface area contributed by atoms with Gasteiger partial charge < -0.3 is 18.8 Å². The maximum absolute atomic E-state index is 15.1. The van der Waals surface area contributed by atoms with Gasteiger partial charge >= 0.3 is 6.01 Å². The molecule has 0 aliphatic carbocycles. The van der Waals surface area contributed by atoms with Crippen molar-refractivity contribution in [1.82, 2.24) is 14.9 Å². The summed E-state index contributed by atoms with van der Waals surface area (Å²) in [5.41, 5.74) is 4.31. The van der Waals surface area contributed by atoms with Crippen molar-refractivity contribution in [2.75, 3.05) is 38.3 Å². The minimum absolute atomic E-state index is 0.225. The van der Waals surface area contributed by atoms with Crippen LogP contribution in [0.2, 0.25) is 16.6 Å². The molecule has 7 nitrogen and oxygen atoms in total. The predicted octanol–water partition coefficient (Wildman–Crippen LogP) is 8.16. The highest BCUT2D eigenvalue weighted by atomic mass is 28.4. The summed E-state index contributed by atoms with van der Waals surface area (Å²) in [7, 11) is -0.618. The van der Waals surface area contributed by atoms with Crippen LogP contribution in [0.25, 0.3) is 10.8 Å². The zero-order valence-corrected chi connectivity index (χ0v) is 29.8. The molecule has 46 heavy (non-hydrogen) atoms. The monoisotopic (exact) mass is 652 g/mol. The molecule has 4 heterocycles. The lowest BCUT2D eigenvalue weighted by Gasteiger charge is -2.42. The quantitative estimate of drug-likeness (QED) is 0.205. The summed E-state index contributed by atoms with van der Waals surface area (Å²) in [6, 6.07) is 7.88. The van der Waals surface area contributed by atoms with Gasteiger partial charge in [0.2, 0.25) is 5.88 Å². The number of hydrogen-bond donors (Lipinski definition) is 0.